The molecule has 0 saturated carbocycles. The number of hydrogen-bond acceptors (Lipinski definition) is 4. The minimum absolute atomic E-state index is 0.00713. The standard InChI is InChI=1S/C20H14N2O3S/c23-18(14-10-13-8-4-5-9-16(13)25-19(14)24)15-11-21-20(26)22-17(15)12-6-2-1-3-7-12/h1-11,17H,(H2,21,22,26). The molecular formula is C20H14N2O3S. The molecule has 0 amide bonds. The average molecular weight is 362 g/mol. The van der Waals surface area contributed by atoms with Crippen molar-refractivity contribution in [2.45, 2.75) is 6.04 Å². The molecule has 2 aromatic carbocycles. The van der Waals surface area contributed by atoms with Crippen molar-refractivity contribution in [1.82, 2.24) is 10.6 Å². The zero-order chi connectivity index (χ0) is 18.1. The minimum Gasteiger partial charge on any atom is -0.422 e. The third-order valence-corrected chi connectivity index (χ3v) is 4.46. The minimum atomic E-state index is -0.658. The molecule has 0 radical (unpaired) electrons. The molecule has 0 fully saturated rings. The highest BCUT2D eigenvalue weighted by Crippen LogP contribution is 2.26. The number of carbonyl (C=O) groups excluding carboxylic acids is 1. The zero-order valence-electron chi connectivity index (χ0n) is 13.6. The zero-order valence-corrected chi connectivity index (χ0v) is 14.4. The largest absolute Gasteiger partial charge is 0.422 e. The van der Waals surface area contributed by atoms with Crippen LogP contribution in [0.4, 0.5) is 0 Å². The summed E-state index contributed by atoms with van der Waals surface area (Å²) >= 11 is 5.17. The van der Waals surface area contributed by atoms with E-state index in [1.165, 1.54) is 0 Å². The van der Waals surface area contributed by atoms with E-state index in [0.29, 0.717) is 21.7 Å². The lowest BCUT2D eigenvalue weighted by molar-refractivity contribution is 0.102. The number of Topliss-reactive ketones (excluding diaryl/α,β-unsaturated/α-hetero) is 1. The highest BCUT2D eigenvalue weighted by atomic mass is 32.1. The first-order chi connectivity index (χ1) is 12.6. The third-order valence-electron chi connectivity index (χ3n) is 4.23. The molecule has 1 aromatic heterocycles. The summed E-state index contributed by atoms with van der Waals surface area (Å²) in [5.41, 5.74) is 1.05. The molecule has 2 heterocycles. The lowest BCUT2D eigenvalue weighted by Gasteiger charge is -2.27. The van der Waals surface area contributed by atoms with E-state index in [-0.39, 0.29) is 5.56 Å². The van der Waals surface area contributed by atoms with E-state index >= 15 is 0 Å². The van der Waals surface area contributed by atoms with Crippen molar-refractivity contribution in [1.29, 1.82) is 0 Å². The molecule has 2 N–H and O–H groups in total. The normalized spacial score (nSPS) is 16.5. The molecule has 5 nitrogen and oxygen atoms in total. The summed E-state index contributed by atoms with van der Waals surface area (Å²) in [6, 6.07) is 17.7. The van der Waals surface area contributed by atoms with E-state index in [1.54, 1.807) is 30.5 Å². The Morgan fingerprint density at radius 3 is 2.58 bits per heavy atom. The molecule has 1 aliphatic heterocycles. The number of fused-ring (bicyclic) bond motifs is 1. The van der Waals surface area contributed by atoms with Crippen LogP contribution in [0.2, 0.25) is 0 Å². The van der Waals surface area contributed by atoms with Crippen molar-refractivity contribution in [2.75, 3.05) is 0 Å². The smallest absolute Gasteiger partial charge is 0.347 e. The number of carbonyl (C=O) groups is 1. The molecule has 1 aliphatic rings. The number of thiocarbonyl (C=S) groups is 1. The fourth-order valence-electron chi connectivity index (χ4n) is 2.96. The van der Waals surface area contributed by atoms with Crippen molar-refractivity contribution >= 4 is 34.1 Å². The maximum atomic E-state index is 13.1. The van der Waals surface area contributed by atoms with Gasteiger partial charge in [-0.05, 0) is 29.9 Å². The third kappa shape index (κ3) is 2.91. The van der Waals surface area contributed by atoms with Gasteiger partial charge in [0.15, 0.2) is 10.9 Å². The van der Waals surface area contributed by atoms with Crippen LogP contribution in [0, 0.1) is 0 Å². The van der Waals surface area contributed by atoms with Gasteiger partial charge in [-0.1, -0.05) is 48.5 Å². The van der Waals surface area contributed by atoms with Gasteiger partial charge < -0.3 is 15.1 Å². The number of nitrogens with one attached hydrogen (secondary N) is 2. The Morgan fingerprint density at radius 1 is 1.04 bits per heavy atom. The van der Waals surface area contributed by atoms with Crippen molar-refractivity contribution in [3.8, 4) is 0 Å². The van der Waals surface area contributed by atoms with E-state index < -0.39 is 17.5 Å². The van der Waals surface area contributed by atoms with Crippen LogP contribution in [0.25, 0.3) is 11.0 Å². The highest BCUT2D eigenvalue weighted by Gasteiger charge is 2.29. The number of rotatable bonds is 3. The summed E-state index contributed by atoms with van der Waals surface area (Å²) in [5.74, 6) is -0.402. The van der Waals surface area contributed by atoms with Gasteiger partial charge in [0.05, 0.1) is 6.04 Å². The molecule has 0 spiro atoms. The molecule has 3 aromatic rings. The van der Waals surface area contributed by atoms with Crippen LogP contribution in [0.15, 0.2) is 81.6 Å². The maximum absolute atomic E-state index is 13.1. The Labute approximate surface area is 154 Å². The number of benzene rings is 2. The Hall–Kier alpha value is -3.25. The molecule has 0 bridgehead atoms. The van der Waals surface area contributed by atoms with Gasteiger partial charge >= 0.3 is 5.63 Å². The van der Waals surface area contributed by atoms with Gasteiger partial charge in [-0.3, -0.25) is 4.79 Å². The molecule has 0 aliphatic carbocycles. The van der Waals surface area contributed by atoms with E-state index in [9.17, 15) is 9.59 Å². The van der Waals surface area contributed by atoms with Gasteiger partial charge in [-0.25, -0.2) is 4.79 Å². The first-order valence-electron chi connectivity index (χ1n) is 8.03. The summed E-state index contributed by atoms with van der Waals surface area (Å²) in [4.78, 5) is 25.4. The second-order valence-corrected chi connectivity index (χ2v) is 6.28. The molecule has 6 heteroatoms. The fraction of sp³-hybridized carbons (Fsp3) is 0.0500. The van der Waals surface area contributed by atoms with Crippen LogP contribution in [0.1, 0.15) is 22.0 Å². The van der Waals surface area contributed by atoms with Gasteiger partial charge in [-0.2, -0.15) is 0 Å². The maximum Gasteiger partial charge on any atom is 0.347 e. The summed E-state index contributed by atoms with van der Waals surface area (Å²) in [6.07, 6.45) is 1.55. The predicted molar refractivity (Wildman–Crippen MR) is 103 cm³/mol. The first kappa shape index (κ1) is 16.2. The molecule has 26 heavy (non-hydrogen) atoms. The molecule has 128 valence electrons. The van der Waals surface area contributed by atoms with Gasteiger partial charge in [0.25, 0.3) is 0 Å². The molecular weight excluding hydrogens is 348 g/mol. The summed E-state index contributed by atoms with van der Waals surface area (Å²) in [7, 11) is 0. The van der Waals surface area contributed by atoms with Gasteiger partial charge in [0.2, 0.25) is 0 Å². The Balaban J connectivity index is 1.80. The van der Waals surface area contributed by atoms with Gasteiger partial charge in [-0.15, -0.1) is 0 Å². The number of ketones is 1. The van der Waals surface area contributed by atoms with Crippen molar-refractivity contribution in [3.63, 3.8) is 0 Å². The summed E-state index contributed by atoms with van der Waals surface area (Å²) < 4.78 is 5.30. The monoisotopic (exact) mass is 362 g/mol. The molecule has 1 unspecified atom stereocenters. The van der Waals surface area contributed by atoms with E-state index in [0.717, 1.165) is 5.56 Å². The van der Waals surface area contributed by atoms with Crippen LogP contribution < -0.4 is 16.3 Å². The quantitative estimate of drug-likeness (QED) is 0.424. The van der Waals surface area contributed by atoms with Crippen molar-refractivity contribution in [3.05, 3.63) is 94.0 Å². The van der Waals surface area contributed by atoms with Crippen LogP contribution >= 0.6 is 12.2 Å². The first-order valence-corrected chi connectivity index (χ1v) is 8.44. The predicted octanol–water partition coefficient (Wildman–Crippen LogP) is 3.08. The summed E-state index contributed by atoms with van der Waals surface area (Å²) in [6.45, 7) is 0. The Bertz CT molecular complexity index is 1100. The van der Waals surface area contributed by atoms with Gasteiger partial charge in [0, 0.05) is 17.2 Å². The SMILES string of the molecule is O=C(C1=CNC(=S)NC1c1ccccc1)c1cc2ccccc2oc1=O. The number of hydrogen-bond donors (Lipinski definition) is 2. The topological polar surface area (TPSA) is 71.3 Å². The lowest BCUT2D eigenvalue weighted by atomic mass is 9.92. The molecule has 0 saturated heterocycles. The Kier molecular flexibility index (Phi) is 4.10. The van der Waals surface area contributed by atoms with Crippen LogP contribution in [-0.4, -0.2) is 10.9 Å². The summed E-state index contributed by atoms with van der Waals surface area (Å²) in [5, 5.41) is 7.04. The van der Waals surface area contributed by atoms with Crippen molar-refractivity contribution in [2.24, 2.45) is 0 Å². The average Bonchev–Trinajstić information content (AvgIpc) is 2.67. The van der Waals surface area contributed by atoms with Gasteiger partial charge in [0.1, 0.15) is 11.1 Å². The van der Waals surface area contributed by atoms with E-state index in [4.69, 9.17) is 16.6 Å². The van der Waals surface area contributed by atoms with Crippen LogP contribution in [-0.2, 0) is 0 Å². The van der Waals surface area contributed by atoms with Crippen LogP contribution in [0.3, 0.4) is 0 Å². The highest BCUT2D eigenvalue weighted by molar-refractivity contribution is 7.80. The van der Waals surface area contributed by atoms with E-state index in [2.05, 4.69) is 10.6 Å². The molecule has 4 rings (SSSR count). The van der Waals surface area contributed by atoms with E-state index in [1.807, 2.05) is 36.4 Å². The fourth-order valence-corrected chi connectivity index (χ4v) is 3.13. The van der Waals surface area contributed by atoms with Crippen molar-refractivity contribution < 1.29 is 9.21 Å². The second kappa shape index (κ2) is 6.57. The lowest BCUT2D eigenvalue weighted by Crippen LogP contribution is -2.42. The van der Waals surface area contributed by atoms with Crippen LogP contribution in [0.5, 0.6) is 0 Å². The second-order valence-electron chi connectivity index (χ2n) is 5.88. The Morgan fingerprint density at radius 2 is 1.77 bits per heavy atom. The number of para-hydroxylation sites is 1. The molecule has 1 atom stereocenters.